The summed E-state index contributed by atoms with van der Waals surface area (Å²) in [4.78, 5) is 4.87. The van der Waals surface area contributed by atoms with Crippen LogP contribution in [0.15, 0.2) is 60.7 Å². The highest BCUT2D eigenvalue weighted by atomic mass is 35.5. The fraction of sp³-hybridized carbons (Fsp3) is 0.381. The molecule has 1 saturated heterocycles. The quantitative estimate of drug-likeness (QED) is 0.639. The number of hydrogen-bond acceptors (Lipinski definition) is 5. The number of aromatic nitrogens is 4. The van der Waals surface area contributed by atoms with Crippen LogP contribution in [0, 0.1) is 0 Å². The molecule has 28 heavy (non-hydrogen) atoms. The van der Waals surface area contributed by atoms with Crippen LogP contribution in [0.25, 0.3) is 0 Å². The average Bonchev–Trinajstić information content (AvgIpc) is 3.18. The maximum Gasteiger partial charge on any atom is 0.173 e. The van der Waals surface area contributed by atoms with Crippen LogP contribution in [0.2, 0.25) is 0 Å². The number of likely N-dealkylation sites (N-methyl/N-ethyl adjacent to an activating group) is 1. The van der Waals surface area contributed by atoms with Gasteiger partial charge in [-0.15, -0.1) is 17.5 Å². The largest absolute Gasteiger partial charge is 0.304 e. The molecule has 2 aromatic carbocycles. The van der Waals surface area contributed by atoms with E-state index in [-0.39, 0.29) is 18.4 Å². The molecule has 0 N–H and O–H groups in total. The predicted molar refractivity (Wildman–Crippen MR) is 113 cm³/mol. The van der Waals surface area contributed by atoms with Gasteiger partial charge in [0, 0.05) is 32.7 Å². The summed E-state index contributed by atoms with van der Waals surface area (Å²) in [6.45, 7) is 4.94. The van der Waals surface area contributed by atoms with Gasteiger partial charge in [-0.1, -0.05) is 60.7 Å². The van der Waals surface area contributed by atoms with Gasteiger partial charge in [0.05, 0.1) is 6.04 Å². The van der Waals surface area contributed by atoms with Crippen LogP contribution in [0.5, 0.6) is 0 Å². The molecule has 4 rings (SSSR count). The Bertz CT molecular complexity index is 830. The van der Waals surface area contributed by atoms with Crippen molar-refractivity contribution < 1.29 is 0 Å². The van der Waals surface area contributed by atoms with Crippen molar-refractivity contribution in [1.82, 2.24) is 30.0 Å². The Morgan fingerprint density at radius 1 is 0.893 bits per heavy atom. The van der Waals surface area contributed by atoms with Gasteiger partial charge in [-0.2, -0.15) is 0 Å². The molecule has 0 radical (unpaired) electrons. The van der Waals surface area contributed by atoms with Gasteiger partial charge in [0.1, 0.15) is 0 Å². The van der Waals surface area contributed by atoms with Crippen molar-refractivity contribution in [2.75, 3.05) is 33.2 Å². The van der Waals surface area contributed by atoms with E-state index < -0.39 is 0 Å². The number of benzene rings is 2. The lowest BCUT2D eigenvalue weighted by Gasteiger charge is -2.37. The van der Waals surface area contributed by atoms with Crippen LogP contribution in [0.3, 0.4) is 0 Å². The monoisotopic (exact) mass is 398 g/mol. The molecular weight excluding hydrogens is 372 g/mol. The van der Waals surface area contributed by atoms with Crippen LogP contribution in [0.1, 0.15) is 23.0 Å². The van der Waals surface area contributed by atoms with Gasteiger partial charge in [-0.25, -0.2) is 4.68 Å². The molecule has 2 heterocycles. The average molecular weight is 399 g/mol. The third kappa shape index (κ3) is 4.76. The Morgan fingerprint density at radius 2 is 1.54 bits per heavy atom. The van der Waals surface area contributed by atoms with E-state index >= 15 is 0 Å². The maximum absolute atomic E-state index is 4.45. The molecule has 3 aromatic rings. The van der Waals surface area contributed by atoms with Gasteiger partial charge < -0.3 is 4.90 Å². The van der Waals surface area contributed by atoms with Crippen molar-refractivity contribution in [2.24, 2.45) is 0 Å². The first-order valence-electron chi connectivity index (χ1n) is 9.59. The molecule has 0 bridgehead atoms. The van der Waals surface area contributed by atoms with E-state index in [1.807, 2.05) is 10.7 Å². The molecule has 0 amide bonds. The zero-order chi connectivity index (χ0) is 18.5. The van der Waals surface area contributed by atoms with Crippen molar-refractivity contribution in [3.8, 4) is 0 Å². The molecule has 0 saturated carbocycles. The fourth-order valence-corrected chi connectivity index (χ4v) is 3.68. The molecule has 1 fully saturated rings. The first-order chi connectivity index (χ1) is 13.3. The van der Waals surface area contributed by atoms with Crippen LogP contribution in [0.4, 0.5) is 0 Å². The van der Waals surface area contributed by atoms with E-state index in [4.69, 9.17) is 0 Å². The van der Waals surface area contributed by atoms with E-state index in [0.29, 0.717) is 0 Å². The summed E-state index contributed by atoms with van der Waals surface area (Å²) in [7, 11) is 2.18. The van der Waals surface area contributed by atoms with Crippen molar-refractivity contribution in [2.45, 2.75) is 19.0 Å². The smallest absolute Gasteiger partial charge is 0.173 e. The Labute approximate surface area is 172 Å². The number of nitrogens with zero attached hydrogens (tertiary/aromatic N) is 6. The van der Waals surface area contributed by atoms with Gasteiger partial charge in [-0.05, 0) is 35.0 Å². The second-order valence-corrected chi connectivity index (χ2v) is 7.15. The highest BCUT2D eigenvalue weighted by Crippen LogP contribution is 2.27. The summed E-state index contributed by atoms with van der Waals surface area (Å²) in [5.41, 5.74) is 2.55. The molecule has 1 atom stereocenters. The summed E-state index contributed by atoms with van der Waals surface area (Å²) < 4.78 is 1.98. The predicted octanol–water partition coefficient (Wildman–Crippen LogP) is 2.67. The number of rotatable bonds is 6. The van der Waals surface area contributed by atoms with E-state index in [1.165, 1.54) is 11.1 Å². The molecule has 6 nitrogen and oxygen atoms in total. The first-order valence-corrected chi connectivity index (χ1v) is 9.59. The van der Waals surface area contributed by atoms with Gasteiger partial charge >= 0.3 is 0 Å². The highest BCUT2D eigenvalue weighted by molar-refractivity contribution is 5.85. The fourth-order valence-electron chi connectivity index (χ4n) is 3.68. The summed E-state index contributed by atoms with van der Waals surface area (Å²) in [6.07, 6.45) is 0.920. The number of hydrogen-bond donors (Lipinski definition) is 0. The second-order valence-electron chi connectivity index (χ2n) is 7.15. The van der Waals surface area contributed by atoms with Gasteiger partial charge in [0.25, 0.3) is 0 Å². The molecule has 148 valence electrons. The van der Waals surface area contributed by atoms with Crippen molar-refractivity contribution in [1.29, 1.82) is 0 Å². The number of piperazine rings is 1. The van der Waals surface area contributed by atoms with Gasteiger partial charge in [0.2, 0.25) is 0 Å². The Morgan fingerprint density at radius 3 is 2.21 bits per heavy atom. The standard InChI is InChI=1S/C21H26N6.ClH/c1-25-14-16-26(17-15-25)20(19-10-6-3-7-11-19)21-22-23-24-27(21)13-12-18-8-4-2-5-9-18;/h2-11,20H,12-17H2,1H3;1H. The van der Waals surface area contributed by atoms with Crippen molar-refractivity contribution in [3.05, 3.63) is 77.6 Å². The minimum Gasteiger partial charge on any atom is -0.304 e. The third-order valence-electron chi connectivity index (χ3n) is 5.28. The van der Waals surface area contributed by atoms with E-state index in [9.17, 15) is 0 Å². The summed E-state index contributed by atoms with van der Waals surface area (Å²) in [5.74, 6) is 0.932. The lowest BCUT2D eigenvalue weighted by Crippen LogP contribution is -2.46. The van der Waals surface area contributed by atoms with Gasteiger partial charge in [0.15, 0.2) is 5.82 Å². The zero-order valence-electron chi connectivity index (χ0n) is 16.2. The highest BCUT2D eigenvalue weighted by Gasteiger charge is 2.29. The summed E-state index contributed by atoms with van der Waals surface area (Å²) in [5, 5.41) is 12.8. The second kappa shape index (κ2) is 9.78. The SMILES string of the molecule is CN1CCN(C(c2ccccc2)c2nnnn2CCc2ccccc2)CC1.Cl. The molecule has 0 aliphatic carbocycles. The summed E-state index contributed by atoms with van der Waals surface area (Å²) >= 11 is 0. The minimum absolute atomic E-state index is 0. The zero-order valence-corrected chi connectivity index (χ0v) is 17.0. The minimum atomic E-state index is 0. The van der Waals surface area contributed by atoms with Crippen molar-refractivity contribution in [3.63, 3.8) is 0 Å². The molecule has 0 spiro atoms. The third-order valence-corrected chi connectivity index (χ3v) is 5.28. The molecule has 1 unspecified atom stereocenters. The topological polar surface area (TPSA) is 50.1 Å². The Kier molecular flexibility index (Phi) is 7.14. The van der Waals surface area contributed by atoms with Crippen LogP contribution >= 0.6 is 12.4 Å². The van der Waals surface area contributed by atoms with Crippen LogP contribution in [-0.4, -0.2) is 63.2 Å². The van der Waals surface area contributed by atoms with E-state index in [1.54, 1.807) is 0 Å². The van der Waals surface area contributed by atoms with Crippen molar-refractivity contribution >= 4 is 12.4 Å². The van der Waals surface area contributed by atoms with Gasteiger partial charge in [-0.3, -0.25) is 4.90 Å². The molecule has 1 aliphatic rings. The molecular formula is C21H27ClN6. The number of halogens is 1. The molecule has 1 aromatic heterocycles. The Balaban J connectivity index is 0.00000225. The van der Waals surface area contributed by atoms with E-state index in [2.05, 4.69) is 87.0 Å². The number of aryl methyl sites for hydroxylation is 2. The first kappa shape index (κ1) is 20.5. The molecule has 1 aliphatic heterocycles. The molecule has 7 heteroatoms. The lowest BCUT2D eigenvalue weighted by molar-refractivity contribution is 0.121. The normalized spacial score (nSPS) is 16.5. The summed E-state index contributed by atoms with van der Waals surface area (Å²) in [6, 6.07) is 21.2. The maximum atomic E-state index is 4.45. The number of tetrazole rings is 1. The van der Waals surface area contributed by atoms with Crippen LogP contribution < -0.4 is 0 Å². The van der Waals surface area contributed by atoms with Crippen LogP contribution in [-0.2, 0) is 13.0 Å². The van der Waals surface area contributed by atoms with E-state index in [0.717, 1.165) is 45.0 Å². The lowest BCUT2D eigenvalue weighted by atomic mass is 10.0. The Hall–Kier alpha value is -2.28.